The van der Waals surface area contributed by atoms with E-state index < -0.39 is 0 Å². The van der Waals surface area contributed by atoms with Gasteiger partial charge in [-0.15, -0.1) is 6.42 Å². The first-order valence-electron chi connectivity index (χ1n) is 4.87. The third kappa shape index (κ3) is 2.14. The first kappa shape index (κ1) is 10.9. The summed E-state index contributed by atoms with van der Waals surface area (Å²) in [6.45, 7) is 0. The Morgan fingerprint density at radius 2 is 1.88 bits per heavy atom. The van der Waals surface area contributed by atoms with Crippen molar-refractivity contribution in [2.75, 3.05) is 0 Å². The molecule has 1 heterocycles. The molecule has 0 N–H and O–H groups in total. The molecule has 0 aliphatic rings. The number of nitrogens with zero attached hydrogens (tertiary/aromatic N) is 2. The molecule has 17 heavy (non-hydrogen) atoms. The Morgan fingerprint density at radius 3 is 2.47 bits per heavy atom. The van der Waals surface area contributed by atoms with Gasteiger partial charge < -0.3 is 0 Å². The maximum Gasteiger partial charge on any atom is 0.156 e. The largest absolute Gasteiger partial charge is 0.244 e. The van der Waals surface area contributed by atoms with Crippen molar-refractivity contribution in [1.29, 1.82) is 5.26 Å². The van der Waals surface area contributed by atoms with Crippen LogP contribution in [0.3, 0.4) is 0 Å². The fraction of sp³-hybridized carbons (Fsp3) is 0. The predicted octanol–water partition coefficient (Wildman–Crippen LogP) is 2.74. The van der Waals surface area contributed by atoms with Gasteiger partial charge in [0.2, 0.25) is 0 Å². The number of halogens is 1. The fourth-order valence-electron chi connectivity index (χ4n) is 1.46. The van der Waals surface area contributed by atoms with E-state index in [2.05, 4.69) is 10.9 Å². The van der Waals surface area contributed by atoms with Gasteiger partial charge >= 0.3 is 0 Å². The van der Waals surface area contributed by atoms with Gasteiger partial charge in [0, 0.05) is 11.8 Å². The van der Waals surface area contributed by atoms with E-state index in [4.69, 9.17) is 11.7 Å². The van der Waals surface area contributed by atoms with Crippen LogP contribution in [0.2, 0.25) is 0 Å². The Kier molecular flexibility index (Phi) is 2.85. The Hall–Kier alpha value is -2.65. The summed E-state index contributed by atoms with van der Waals surface area (Å²) in [5.41, 5.74) is 2.23. The van der Waals surface area contributed by atoms with Crippen molar-refractivity contribution in [1.82, 2.24) is 4.98 Å². The molecule has 3 heteroatoms. The molecule has 0 aliphatic heterocycles. The lowest BCUT2D eigenvalue weighted by Crippen LogP contribution is -1.90. The van der Waals surface area contributed by atoms with Crippen molar-refractivity contribution in [2.24, 2.45) is 0 Å². The van der Waals surface area contributed by atoms with Gasteiger partial charge in [0.1, 0.15) is 11.9 Å². The van der Waals surface area contributed by atoms with Crippen LogP contribution in [-0.4, -0.2) is 4.98 Å². The van der Waals surface area contributed by atoms with Gasteiger partial charge in [-0.1, -0.05) is 18.1 Å². The van der Waals surface area contributed by atoms with E-state index in [0.29, 0.717) is 5.56 Å². The second-order valence-electron chi connectivity index (χ2n) is 3.38. The minimum absolute atomic E-state index is 0.221. The highest BCUT2D eigenvalue weighted by Gasteiger charge is 2.04. The third-order valence-electron chi connectivity index (χ3n) is 2.33. The Labute approximate surface area is 98.4 Å². The number of hydrogen-bond acceptors (Lipinski definition) is 2. The van der Waals surface area contributed by atoms with E-state index in [1.54, 1.807) is 24.4 Å². The highest BCUT2D eigenvalue weighted by molar-refractivity contribution is 5.65. The molecule has 2 rings (SSSR count). The first-order valence-corrected chi connectivity index (χ1v) is 4.87. The van der Waals surface area contributed by atoms with Gasteiger partial charge in [0.25, 0.3) is 0 Å². The molecule has 0 spiro atoms. The molecule has 2 aromatic rings. The number of hydrogen-bond donors (Lipinski definition) is 0. The van der Waals surface area contributed by atoms with Crippen molar-refractivity contribution < 1.29 is 4.39 Å². The van der Waals surface area contributed by atoms with Crippen LogP contribution in [0.25, 0.3) is 11.1 Å². The highest BCUT2D eigenvalue weighted by atomic mass is 19.1. The molecule has 0 amide bonds. The smallest absolute Gasteiger partial charge is 0.156 e. The van der Waals surface area contributed by atoms with Gasteiger partial charge in [0.15, 0.2) is 5.69 Å². The van der Waals surface area contributed by atoms with E-state index in [1.807, 2.05) is 6.07 Å². The first-order chi connectivity index (χ1) is 8.24. The number of aromatic nitrogens is 1. The summed E-state index contributed by atoms with van der Waals surface area (Å²) in [7, 11) is 0. The molecular formula is C14H7FN2. The van der Waals surface area contributed by atoms with Gasteiger partial charge in [0.05, 0.1) is 5.56 Å². The van der Waals surface area contributed by atoms with Crippen LogP contribution in [0, 0.1) is 29.5 Å². The van der Waals surface area contributed by atoms with Crippen LogP contribution in [0.4, 0.5) is 4.39 Å². The summed E-state index contributed by atoms with van der Waals surface area (Å²) >= 11 is 0. The van der Waals surface area contributed by atoms with Gasteiger partial charge in [-0.2, -0.15) is 5.26 Å². The quantitative estimate of drug-likeness (QED) is 0.695. The summed E-state index contributed by atoms with van der Waals surface area (Å²) in [6.07, 6.45) is 6.84. The molecule has 80 valence electrons. The van der Waals surface area contributed by atoms with Gasteiger partial charge in [-0.3, -0.25) is 0 Å². The molecular weight excluding hydrogens is 215 g/mol. The molecule has 2 nitrogen and oxygen atoms in total. The average molecular weight is 222 g/mol. The zero-order valence-electron chi connectivity index (χ0n) is 8.81. The lowest BCUT2D eigenvalue weighted by atomic mass is 10.0. The number of pyridine rings is 1. The molecule has 0 saturated heterocycles. The minimum atomic E-state index is -0.299. The van der Waals surface area contributed by atoms with Crippen LogP contribution in [-0.2, 0) is 0 Å². The van der Waals surface area contributed by atoms with Crippen LogP contribution < -0.4 is 0 Å². The van der Waals surface area contributed by atoms with Crippen molar-refractivity contribution in [3.63, 3.8) is 0 Å². The summed E-state index contributed by atoms with van der Waals surface area (Å²) < 4.78 is 12.8. The topological polar surface area (TPSA) is 36.7 Å². The number of terminal acetylenes is 1. The van der Waals surface area contributed by atoms with Crippen molar-refractivity contribution in [3.8, 4) is 29.5 Å². The van der Waals surface area contributed by atoms with Crippen LogP contribution in [0.1, 0.15) is 11.3 Å². The van der Waals surface area contributed by atoms with Crippen molar-refractivity contribution >= 4 is 0 Å². The number of benzene rings is 1. The molecule has 0 aliphatic carbocycles. The predicted molar refractivity (Wildman–Crippen MR) is 62.3 cm³/mol. The monoisotopic (exact) mass is 222 g/mol. The number of rotatable bonds is 1. The van der Waals surface area contributed by atoms with Crippen LogP contribution in [0.15, 0.2) is 36.5 Å². The maximum atomic E-state index is 12.8. The SMILES string of the molecule is C#Cc1cc(-c2ccc(F)cc2)cnc1C#N. The highest BCUT2D eigenvalue weighted by Crippen LogP contribution is 2.20. The van der Waals surface area contributed by atoms with Crippen molar-refractivity contribution in [2.45, 2.75) is 0 Å². The molecule has 1 aromatic heterocycles. The lowest BCUT2D eigenvalue weighted by molar-refractivity contribution is 0.628. The van der Waals surface area contributed by atoms with E-state index in [9.17, 15) is 4.39 Å². The Balaban J connectivity index is 2.52. The van der Waals surface area contributed by atoms with Crippen molar-refractivity contribution in [3.05, 3.63) is 53.6 Å². The Bertz CT molecular complexity index is 631. The maximum absolute atomic E-state index is 12.8. The van der Waals surface area contributed by atoms with E-state index in [1.165, 1.54) is 12.1 Å². The fourth-order valence-corrected chi connectivity index (χ4v) is 1.46. The zero-order valence-corrected chi connectivity index (χ0v) is 8.81. The van der Waals surface area contributed by atoms with E-state index >= 15 is 0 Å². The molecule has 0 unspecified atom stereocenters. The lowest BCUT2D eigenvalue weighted by Gasteiger charge is -2.02. The Morgan fingerprint density at radius 1 is 1.18 bits per heavy atom. The molecule has 0 atom stereocenters. The molecule has 1 aromatic carbocycles. The van der Waals surface area contributed by atoms with E-state index in [-0.39, 0.29) is 11.5 Å². The standard InChI is InChI=1S/C14H7FN2/c1-2-10-7-12(9-17-14(10)8-16)11-3-5-13(15)6-4-11/h1,3-7,9H. The summed E-state index contributed by atoms with van der Waals surface area (Å²) in [4.78, 5) is 3.97. The second kappa shape index (κ2) is 4.47. The van der Waals surface area contributed by atoms with Gasteiger partial charge in [-0.05, 0) is 23.8 Å². The normalized spacial score (nSPS) is 9.35. The summed E-state index contributed by atoms with van der Waals surface area (Å²) in [6, 6.07) is 9.62. The average Bonchev–Trinajstić information content (AvgIpc) is 2.39. The molecule has 0 radical (unpaired) electrons. The molecule has 0 fully saturated rings. The third-order valence-corrected chi connectivity index (χ3v) is 2.33. The van der Waals surface area contributed by atoms with E-state index in [0.717, 1.165) is 11.1 Å². The zero-order chi connectivity index (χ0) is 12.3. The second-order valence-corrected chi connectivity index (χ2v) is 3.38. The number of nitriles is 1. The summed E-state index contributed by atoms with van der Waals surface area (Å²) in [5, 5.41) is 8.79. The van der Waals surface area contributed by atoms with Gasteiger partial charge in [-0.25, -0.2) is 9.37 Å². The summed E-state index contributed by atoms with van der Waals surface area (Å²) in [5.74, 6) is 2.11. The molecule has 0 saturated carbocycles. The molecule has 0 bridgehead atoms. The van der Waals surface area contributed by atoms with Crippen LogP contribution in [0.5, 0.6) is 0 Å². The minimum Gasteiger partial charge on any atom is -0.244 e. The van der Waals surface area contributed by atoms with Crippen LogP contribution >= 0.6 is 0 Å².